The Labute approximate surface area is 265 Å². The predicted octanol–water partition coefficient (Wildman–Crippen LogP) is 13.2. The Bertz CT molecular complexity index is 622. The molecule has 1 rings (SSSR count). The highest BCUT2D eigenvalue weighted by Crippen LogP contribution is 2.20. The van der Waals surface area contributed by atoms with Crippen LogP contribution in [0.25, 0.3) is 0 Å². The van der Waals surface area contributed by atoms with E-state index in [0.29, 0.717) is 0 Å². The molecule has 0 amide bonds. The first-order chi connectivity index (χ1) is 20.7. The van der Waals surface area contributed by atoms with Gasteiger partial charge in [0, 0.05) is 0 Å². The Morgan fingerprint density at radius 1 is 0.429 bits per heavy atom. The first kappa shape index (κ1) is 39.2. The quantitative estimate of drug-likeness (QED) is 0.0674. The molecular formula is C40H76N2. The minimum Gasteiger partial charge on any atom is -0.312 e. The first-order valence-electron chi connectivity index (χ1n) is 19.2. The van der Waals surface area contributed by atoms with E-state index in [1.807, 2.05) is 0 Å². The smallest absolute Gasteiger partial charge is 0.0835 e. The van der Waals surface area contributed by atoms with E-state index < -0.39 is 0 Å². The molecule has 42 heavy (non-hydrogen) atoms. The van der Waals surface area contributed by atoms with Gasteiger partial charge in [0.2, 0.25) is 0 Å². The summed E-state index contributed by atoms with van der Waals surface area (Å²) in [4.78, 5) is 2.58. The number of hydrogen-bond donors (Lipinski definition) is 1. The van der Waals surface area contributed by atoms with Gasteiger partial charge in [-0.1, -0.05) is 211 Å². The Kier molecular flexibility index (Phi) is 28.1. The molecule has 1 unspecified atom stereocenters. The zero-order valence-electron chi connectivity index (χ0n) is 29.1. The SMILES string of the molecule is CCCCCCCCCCCCCCCCN(CCCCCCCCCCCCCCCC)C(N)c1ccc(C)cc1. The van der Waals surface area contributed by atoms with Gasteiger partial charge in [-0.25, -0.2) is 0 Å². The largest absolute Gasteiger partial charge is 0.312 e. The van der Waals surface area contributed by atoms with Crippen LogP contribution in [0.2, 0.25) is 0 Å². The molecule has 0 spiro atoms. The highest BCUT2D eigenvalue weighted by molar-refractivity contribution is 5.23. The van der Waals surface area contributed by atoms with Gasteiger partial charge in [0.15, 0.2) is 0 Å². The summed E-state index contributed by atoms with van der Waals surface area (Å²) in [5.74, 6) is 0. The van der Waals surface area contributed by atoms with E-state index in [1.165, 1.54) is 191 Å². The Balaban J connectivity index is 2.14. The molecule has 0 radical (unpaired) electrons. The molecule has 0 fully saturated rings. The Morgan fingerprint density at radius 3 is 0.976 bits per heavy atom. The fraction of sp³-hybridized carbons (Fsp3) is 0.850. The van der Waals surface area contributed by atoms with Crippen LogP contribution in [0.15, 0.2) is 24.3 Å². The number of nitrogens with two attached hydrogens (primary N) is 1. The van der Waals surface area contributed by atoms with Crippen molar-refractivity contribution in [1.82, 2.24) is 4.90 Å². The number of nitrogens with zero attached hydrogens (tertiary/aromatic N) is 1. The second kappa shape index (κ2) is 30.2. The van der Waals surface area contributed by atoms with Crippen molar-refractivity contribution >= 4 is 0 Å². The lowest BCUT2D eigenvalue weighted by molar-refractivity contribution is 0.192. The minimum absolute atomic E-state index is 0.0366. The van der Waals surface area contributed by atoms with Gasteiger partial charge in [-0.05, 0) is 38.4 Å². The van der Waals surface area contributed by atoms with E-state index in [0.717, 1.165) is 13.1 Å². The van der Waals surface area contributed by atoms with Crippen LogP contribution in [0.5, 0.6) is 0 Å². The van der Waals surface area contributed by atoms with E-state index in [1.54, 1.807) is 0 Å². The van der Waals surface area contributed by atoms with Crippen LogP contribution in [-0.4, -0.2) is 18.0 Å². The van der Waals surface area contributed by atoms with Crippen molar-refractivity contribution in [3.63, 3.8) is 0 Å². The third-order valence-electron chi connectivity index (χ3n) is 9.41. The Hall–Kier alpha value is -0.860. The average Bonchev–Trinajstić information content (AvgIpc) is 3.00. The van der Waals surface area contributed by atoms with Crippen molar-refractivity contribution in [2.24, 2.45) is 5.73 Å². The molecule has 0 bridgehead atoms. The summed E-state index contributed by atoms with van der Waals surface area (Å²) in [6.07, 6.45) is 39.7. The zero-order valence-corrected chi connectivity index (χ0v) is 29.1. The molecule has 0 saturated carbocycles. The average molecular weight is 585 g/mol. The minimum atomic E-state index is 0.0366. The lowest BCUT2D eigenvalue weighted by Gasteiger charge is -2.29. The zero-order chi connectivity index (χ0) is 30.4. The van der Waals surface area contributed by atoms with Gasteiger partial charge >= 0.3 is 0 Å². The fourth-order valence-corrected chi connectivity index (χ4v) is 6.38. The standard InChI is InChI=1S/C40H76N2/c1-4-6-8-10-12-14-16-18-20-22-24-26-28-30-36-42(40(41)39-34-32-38(3)33-35-39)37-31-29-27-25-23-21-19-17-15-13-11-9-7-5-2/h32-35,40H,4-31,36-37,41H2,1-3H3. The van der Waals surface area contributed by atoms with Gasteiger partial charge in [-0.2, -0.15) is 0 Å². The predicted molar refractivity (Wildman–Crippen MR) is 190 cm³/mol. The van der Waals surface area contributed by atoms with E-state index in [4.69, 9.17) is 5.73 Å². The van der Waals surface area contributed by atoms with Crippen LogP contribution in [-0.2, 0) is 0 Å². The lowest BCUT2D eigenvalue weighted by Crippen LogP contribution is -2.36. The molecule has 1 aromatic rings. The topological polar surface area (TPSA) is 29.3 Å². The van der Waals surface area contributed by atoms with Crippen LogP contribution in [0.1, 0.15) is 211 Å². The molecular weight excluding hydrogens is 508 g/mol. The summed E-state index contributed by atoms with van der Waals surface area (Å²) in [6, 6.07) is 8.91. The van der Waals surface area contributed by atoms with Gasteiger partial charge < -0.3 is 5.73 Å². The third kappa shape index (κ3) is 23.6. The summed E-state index contributed by atoms with van der Waals surface area (Å²) >= 11 is 0. The van der Waals surface area contributed by atoms with Crippen molar-refractivity contribution in [3.8, 4) is 0 Å². The second-order valence-corrected chi connectivity index (χ2v) is 13.6. The molecule has 1 atom stereocenters. The molecule has 1 aromatic carbocycles. The molecule has 2 heteroatoms. The molecule has 0 heterocycles. The van der Waals surface area contributed by atoms with E-state index in [-0.39, 0.29) is 6.17 Å². The molecule has 0 aromatic heterocycles. The molecule has 0 aliphatic carbocycles. The summed E-state index contributed by atoms with van der Waals surface area (Å²) in [5, 5.41) is 0. The highest BCUT2D eigenvalue weighted by atomic mass is 15.2. The van der Waals surface area contributed by atoms with Gasteiger partial charge in [0.1, 0.15) is 0 Å². The molecule has 0 aliphatic rings. The maximum absolute atomic E-state index is 6.82. The molecule has 0 saturated heterocycles. The molecule has 0 aliphatic heterocycles. The summed E-state index contributed by atoms with van der Waals surface area (Å²) in [6.45, 7) is 9.06. The molecule has 246 valence electrons. The van der Waals surface area contributed by atoms with Crippen LogP contribution in [0.4, 0.5) is 0 Å². The number of unbranched alkanes of at least 4 members (excludes halogenated alkanes) is 26. The summed E-state index contributed by atoms with van der Waals surface area (Å²) < 4.78 is 0. The number of hydrogen-bond acceptors (Lipinski definition) is 2. The fourth-order valence-electron chi connectivity index (χ4n) is 6.38. The third-order valence-corrected chi connectivity index (χ3v) is 9.41. The second-order valence-electron chi connectivity index (χ2n) is 13.6. The van der Waals surface area contributed by atoms with E-state index >= 15 is 0 Å². The maximum Gasteiger partial charge on any atom is 0.0835 e. The summed E-state index contributed by atoms with van der Waals surface area (Å²) in [5.41, 5.74) is 9.41. The van der Waals surface area contributed by atoms with Crippen molar-refractivity contribution < 1.29 is 0 Å². The number of aryl methyl sites for hydroxylation is 1. The monoisotopic (exact) mass is 585 g/mol. The summed E-state index contributed by atoms with van der Waals surface area (Å²) in [7, 11) is 0. The van der Waals surface area contributed by atoms with E-state index in [9.17, 15) is 0 Å². The van der Waals surface area contributed by atoms with Gasteiger partial charge in [-0.3, -0.25) is 4.90 Å². The van der Waals surface area contributed by atoms with Crippen LogP contribution in [0, 0.1) is 6.92 Å². The lowest BCUT2D eigenvalue weighted by atomic mass is 10.0. The van der Waals surface area contributed by atoms with Crippen molar-refractivity contribution in [3.05, 3.63) is 35.4 Å². The number of rotatable bonds is 32. The maximum atomic E-state index is 6.82. The van der Waals surface area contributed by atoms with Gasteiger partial charge in [0.25, 0.3) is 0 Å². The Morgan fingerprint density at radius 2 is 0.690 bits per heavy atom. The highest BCUT2D eigenvalue weighted by Gasteiger charge is 2.15. The van der Waals surface area contributed by atoms with Crippen LogP contribution < -0.4 is 5.73 Å². The van der Waals surface area contributed by atoms with Crippen molar-refractivity contribution in [2.45, 2.75) is 207 Å². The van der Waals surface area contributed by atoms with Gasteiger partial charge in [-0.15, -0.1) is 0 Å². The molecule has 2 nitrogen and oxygen atoms in total. The van der Waals surface area contributed by atoms with Crippen molar-refractivity contribution in [2.75, 3.05) is 13.1 Å². The van der Waals surface area contributed by atoms with Crippen LogP contribution in [0.3, 0.4) is 0 Å². The number of benzene rings is 1. The molecule has 2 N–H and O–H groups in total. The van der Waals surface area contributed by atoms with E-state index in [2.05, 4.69) is 49.9 Å². The van der Waals surface area contributed by atoms with Gasteiger partial charge in [0.05, 0.1) is 6.17 Å². The van der Waals surface area contributed by atoms with Crippen LogP contribution >= 0.6 is 0 Å². The normalized spacial score (nSPS) is 12.4. The van der Waals surface area contributed by atoms with Crippen molar-refractivity contribution in [1.29, 1.82) is 0 Å². The first-order valence-corrected chi connectivity index (χ1v) is 19.2.